The van der Waals surface area contributed by atoms with Crippen molar-refractivity contribution in [3.63, 3.8) is 0 Å². The van der Waals surface area contributed by atoms with Gasteiger partial charge >= 0.3 is 0 Å². The molecule has 1 aromatic carbocycles. The summed E-state index contributed by atoms with van der Waals surface area (Å²) >= 11 is 0. The zero-order chi connectivity index (χ0) is 18.8. The standard InChI is InChI=1S/C17H23FN4O2S/c1-16(2,3)14-7-10-6-12(18)11(8-13(10)20-14)17(4)9-25(23,24)22(5)15(19)21-17/h6-8,20H,9H2,1-5H3,(H2,19,21)/t17-/m0/s1. The number of aliphatic imine (C=N–C) groups is 1. The van der Waals surface area contributed by atoms with Crippen LogP contribution in [0.2, 0.25) is 0 Å². The third-order valence-corrected chi connectivity index (χ3v) is 6.61. The molecule has 2 heterocycles. The van der Waals surface area contributed by atoms with E-state index in [1.165, 1.54) is 13.1 Å². The van der Waals surface area contributed by atoms with Crippen LogP contribution in [-0.2, 0) is 21.0 Å². The largest absolute Gasteiger partial charge is 0.369 e. The fraction of sp³-hybridized carbons (Fsp3) is 0.471. The number of benzene rings is 1. The van der Waals surface area contributed by atoms with E-state index in [1.807, 2.05) is 6.07 Å². The van der Waals surface area contributed by atoms with Crippen LogP contribution in [0.3, 0.4) is 0 Å². The van der Waals surface area contributed by atoms with E-state index in [9.17, 15) is 12.8 Å². The lowest BCUT2D eigenvalue weighted by Gasteiger charge is -2.34. The van der Waals surface area contributed by atoms with Crippen LogP contribution in [0.25, 0.3) is 10.9 Å². The van der Waals surface area contributed by atoms with Gasteiger partial charge in [0.05, 0.1) is 5.75 Å². The first-order valence-corrected chi connectivity index (χ1v) is 9.60. The molecule has 8 heteroatoms. The molecule has 3 rings (SSSR count). The van der Waals surface area contributed by atoms with E-state index in [1.54, 1.807) is 13.0 Å². The van der Waals surface area contributed by atoms with E-state index in [-0.39, 0.29) is 22.7 Å². The van der Waals surface area contributed by atoms with Crippen LogP contribution in [-0.4, -0.2) is 36.5 Å². The first-order chi connectivity index (χ1) is 11.3. The number of sulfonamides is 1. The number of rotatable bonds is 1. The first-order valence-electron chi connectivity index (χ1n) is 7.99. The van der Waals surface area contributed by atoms with Crippen LogP contribution in [0.5, 0.6) is 0 Å². The quantitative estimate of drug-likeness (QED) is 0.812. The normalized spacial score (nSPS) is 23.8. The molecule has 0 unspecified atom stereocenters. The molecule has 0 saturated heterocycles. The molecule has 136 valence electrons. The zero-order valence-corrected chi connectivity index (χ0v) is 15.8. The van der Waals surface area contributed by atoms with Gasteiger partial charge in [-0.3, -0.25) is 0 Å². The number of fused-ring (bicyclic) bond motifs is 1. The Hall–Kier alpha value is -2.09. The van der Waals surface area contributed by atoms with E-state index in [2.05, 4.69) is 30.7 Å². The predicted octanol–water partition coefficient (Wildman–Crippen LogP) is 2.41. The summed E-state index contributed by atoms with van der Waals surface area (Å²) in [5.74, 6) is -0.979. The van der Waals surface area contributed by atoms with Crippen molar-refractivity contribution in [3.05, 3.63) is 35.3 Å². The van der Waals surface area contributed by atoms with Crippen molar-refractivity contribution in [2.24, 2.45) is 10.7 Å². The average molecular weight is 366 g/mol. The molecule has 1 aliphatic rings. The van der Waals surface area contributed by atoms with Crippen LogP contribution >= 0.6 is 0 Å². The molecule has 0 aliphatic carbocycles. The van der Waals surface area contributed by atoms with Crippen LogP contribution in [0.1, 0.15) is 39.0 Å². The second-order valence-electron chi connectivity index (χ2n) is 7.82. The van der Waals surface area contributed by atoms with Crippen molar-refractivity contribution in [2.45, 2.75) is 38.6 Å². The van der Waals surface area contributed by atoms with E-state index < -0.39 is 21.4 Å². The summed E-state index contributed by atoms with van der Waals surface area (Å²) in [6.07, 6.45) is 0. The molecule has 0 fully saturated rings. The maximum Gasteiger partial charge on any atom is 0.239 e. The molecule has 1 aliphatic heterocycles. The predicted molar refractivity (Wildman–Crippen MR) is 97.5 cm³/mol. The van der Waals surface area contributed by atoms with Gasteiger partial charge in [0.2, 0.25) is 16.0 Å². The highest BCUT2D eigenvalue weighted by molar-refractivity contribution is 7.89. The van der Waals surface area contributed by atoms with Crippen molar-refractivity contribution < 1.29 is 12.8 Å². The number of hydrogen-bond acceptors (Lipinski definition) is 4. The molecule has 0 amide bonds. The maximum absolute atomic E-state index is 14.8. The van der Waals surface area contributed by atoms with Gasteiger partial charge in [-0.1, -0.05) is 20.8 Å². The van der Waals surface area contributed by atoms with Gasteiger partial charge in [0.1, 0.15) is 11.4 Å². The van der Waals surface area contributed by atoms with Gasteiger partial charge in [-0.2, -0.15) is 0 Å². The molecular weight excluding hydrogens is 343 g/mol. The lowest BCUT2D eigenvalue weighted by atomic mass is 9.92. The highest BCUT2D eigenvalue weighted by Crippen LogP contribution is 2.36. The monoisotopic (exact) mass is 366 g/mol. The fourth-order valence-corrected chi connectivity index (χ4v) is 4.51. The van der Waals surface area contributed by atoms with Gasteiger partial charge in [-0.25, -0.2) is 22.1 Å². The van der Waals surface area contributed by atoms with Gasteiger partial charge < -0.3 is 10.7 Å². The minimum Gasteiger partial charge on any atom is -0.369 e. The lowest BCUT2D eigenvalue weighted by molar-refractivity contribution is 0.458. The Morgan fingerprint density at radius 2 is 1.96 bits per heavy atom. The highest BCUT2D eigenvalue weighted by atomic mass is 32.2. The van der Waals surface area contributed by atoms with Crippen molar-refractivity contribution >= 4 is 26.9 Å². The topological polar surface area (TPSA) is 91.5 Å². The lowest BCUT2D eigenvalue weighted by Crippen LogP contribution is -2.50. The van der Waals surface area contributed by atoms with E-state index in [4.69, 9.17) is 5.73 Å². The number of hydrogen-bond donors (Lipinski definition) is 2. The number of nitrogens with zero attached hydrogens (tertiary/aromatic N) is 2. The number of nitrogens with two attached hydrogens (primary N) is 1. The smallest absolute Gasteiger partial charge is 0.239 e. The summed E-state index contributed by atoms with van der Waals surface area (Å²) in [7, 11) is -2.31. The van der Waals surface area contributed by atoms with Crippen LogP contribution < -0.4 is 5.73 Å². The number of aromatic nitrogens is 1. The van der Waals surface area contributed by atoms with Crippen LogP contribution in [0.15, 0.2) is 23.2 Å². The molecule has 0 bridgehead atoms. The summed E-state index contributed by atoms with van der Waals surface area (Å²) in [5, 5.41) is 0.738. The summed E-state index contributed by atoms with van der Waals surface area (Å²) < 4.78 is 40.4. The van der Waals surface area contributed by atoms with Crippen molar-refractivity contribution in [1.29, 1.82) is 0 Å². The third kappa shape index (κ3) is 2.88. The number of guanidine groups is 1. The summed E-state index contributed by atoms with van der Waals surface area (Å²) in [5.41, 5.74) is 6.30. The van der Waals surface area contributed by atoms with E-state index in [0.717, 1.165) is 20.9 Å². The minimum atomic E-state index is -3.65. The summed E-state index contributed by atoms with van der Waals surface area (Å²) in [6.45, 7) is 7.77. The zero-order valence-electron chi connectivity index (χ0n) is 15.0. The molecule has 3 N–H and O–H groups in total. The summed E-state index contributed by atoms with van der Waals surface area (Å²) in [4.78, 5) is 7.57. The minimum absolute atomic E-state index is 0.112. The van der Waals surface area contributed by atoms with Gasteiger partial charge in [-0.15, -0.1) is 0 Å². The first kappa shape index (κ1) is 17.7. The SMILES string of the molecule is CN1C(N)=N[C@](C)(c2cc3[nH]c(C(C)(C)C)cc3cc2F)CS1(=O)=O. The van der Waals surface area contributed by atoms with Gasteiger partial charge in [0, 0.05) is 34.6 Å². The van der Waals surface area contributed by atoms with Crippen LogP contribution in [0, 0.1) is 5.82 Å². The average Bonchev–Trinajstić information content (AvgIpc) is 2.86. The van der Waals surface area contributed by atoms with Crippen molar-refractivity contribution in [1.82, 2.24) is 9.29 Å². The summed E-state index contributed by atoms with van der Waals surface area (Å²) in [6, 6.07) is 4.96. The molecule has 2 aromatic rings. The second-order valence-corrected chi connectivity index (χ2v) is 9.82. The van der Waals surface area contributed by atoms with Crippen molar-refractivity contribution in [3.8, 4) is 0 Å². The molecule has 1 atom stereocenters. The number of H-pyrrole nitrogens is 1. The Balaban J connectivity index is 2.20. The Kier molecular flexibility index (Phi) is 3.69. The Morgan fingerprint density at radius 3 is 2.52 bits per heavy atom. The third-order valence-electron chi connectivity index (χ3n) is 4.66. The fourth-order valence-electron chi connectivity index (χ4n) is 3.06. The van der Waals surface area contributed by atoms with Gasteiger partial charge in [-0.05, 0) is 25.1 Å². The van der Waals surface area contributed by atoms with Gasteiger partial charge in [0.15, 0.2) is 0 Å². The second kappa shape index (κ2) is 5.20. The molecule has 1 aromatic heterocycles. The van der Waals surface area contributed by atoms with E-state index in [0.29, 0.717) is 0 Å². The molecule has 0 spiro atoms. The number of aromatic amines is 1. The number of nitrogens with one attached hydrogen (secondary N) is 1. The highest BCUT2D eigenvalue weighted by Gasteiger charge is 2.41. The molecule has 25 heavy (non-hydrogen) atoms. The van der Waals surface area contributed by atoms with Crippen LogP contribution in [0.4, 0.5) is 4.39 Å². The molecule has 0 radical (unpaired) electrons. The number of halogens is 1. The Bertz CT molecular complexity index is 988. The van der Waals surface area contributed by atoms with E-state index >= 15 is 0 Å². The Morgan fingerprint density at radius 1 is 1.32 bits per heavy atom. The molecular formula is C17H23FN4O2S. The van der Waals surface area contributed by atoms with Gasteiger partial charge in [0.25, 0.3) is 0 Å². The maximum atomic E-state index is 14.8. The Labute approximate surface area is 147 Å². The van der Waals surface area contributed by atoms with Crippen molar-refractivity contribution in [2.75, 3.05) is 12.8 Å². The molecule has 6 nitrogen and oxygen atoms in total. The molecule has 0 saturated carbocycles.